The molecule has 2 aliphatic heterocycles. The summed E-state index contributed by atoms with van der Waals surface area (Å²) in [7, 11) is 0. The third-order valence-corrected chi connectivity index (χ3v) is 11.1. The lowest BCUT2D eigenvalue weighted by atomic mass is 9.91. The zero-order valence-corrected chi connectivity index (χ0v) is 35.8. The first-order chi connectivity index (χ1) is 31.9. The molecule has 2 amide bonds. The van der Waals surface area contributed by atoms with Crippen molar-refractivity contribution >= 4 is 34.5 Å². The number of aromatic nitrogens is 8. The molecule has 332 valence electrons. The SMILES string of the molecule is Fc1ncccc1-c1cnc2[nH]ccc2n1.N[C@H]1CCCN(C(=O)OCc2ccccc2)C1.O=C(OCc1ccccc1)N1CCC[C@H](Cc2ncccc2-c2cnc3[nH]ccc3n2)C1. The van der Waals surface area contributed by atoms with E-state index in [4.69, 9.17) is 20.2 Å². The number of hydrogen-bond donors (Lipinski definition) is 3. The van der Waals surface area contributed by atoms with Crippen LogP contribution in [-0.4, -0.2) is 94.1 Å². The van der Waals surface area contributed by atoms with Gasteiger partial charge in [0.1, 0.15) is 24.2 Å². The molecule has 2 aromatic carbocycles. The van der Waals surface area contributed by atoms with Crippen LogP contribution in [0.25, 0.3) is 44.8 Å². The maximum Gasteiger partial charge on any atom is 0.410 e. The van der Waals surface area contributed by atoms with Crippen LogP contribution in [0.15, 0.2) is 134 Å². The number of benzene rings is 2. The van der Waals surface area contributed by atoms with Crippen molar-refractivity contribution in [3.63, 3.8) is 0 Å². The molecule has 4 N–H and O–H groups in total. The minimum absolute atomic E-state index is 0.0908. The van der Waals surface area contributed by atoms with Crippen molar-refractivity contribution < 1.29 is 23.5 Å². The Bertz CT molecular complexity index is 2790. The highest BCUT2D eigenvalue weighted by Gasteiger charge is 2.26. The molecule has 0 bridgehead atoms. The fraction of sp³-hybridized carbons (Fsp3) is 0.265. The molecule has 16 heteroatoms. The van der Waals surface area contributed by atoms with Crippen LogP contribution in [0.2, 0.25) is 0 Å². The molecule has 10 rings (SSSR count). The lowest BCUT2D eigenvalue weighted by molar-refractivity contribution is 0.0789. The molecule has 6 aromatic heterocycles. The second-order valence-electron chi connectivity index (χ2n) is 15.9. The first-order valence-electron chi connectivity index (χ1n) is 21.7. The van der Waals surface area contributed by atoms with Crippen molar-refractivity contribution in [3.05, 3.63) is 157 Å². The van der Waals surface area contributed by atoms with Crippen molar-refractivity contribution in [1.29, 1.82) is 0 Å². The Kier molecular flexibility index (Phi) is 14.7. The highest BCUT2D eigenvalue weighted by molar-refractivity contribution is 5.75. The van der Waals surface area contributed by atoms with Crippen molar-refractivity contribution in [2.45, 2.75) is 51.4 Å². The minimum atomic E-state index is -0.535. The van der Waals surface area contributed by atoms with E-state index in [0.717, 1.165) is 84.4 Å². The topological polar surface area (TPSA) is 194 Å². The summed E-state index contributed by atoms with van der Waals surface area (Å²) in [6.45, 7) is 3.38. The summed E-state index contributed by atoms with van der Waals surface area (Å²) < 4.78 is 24.2. The van der Waals surface area contributed by atoms with Crippen LogP contribution in [0.3, 0.4) is 0 Å². The van der Waals surface area contributed by atoms with Gasteiger partial charge in [0, 0.05) is 62.6 Å². The zero-order valence-electron chi connectivity index (χ0n) is 35.8. The Morgan fingerprint density at radius 3 is 1.77 bits per heavy atom. The molecule has 15 nitrogen and oxygen atoms in total. The monoisotopic (exact) mass is 875 g/mol. The smallest absolute Gasteiger partial charge is 0.410 e. The maximum absolute atomic E-state index is 13.4. The van der Waals surface area contributed by atoms with Gasteiger partial charge in [-0.15, -0.1) is 0 Å². The third-order valence-electron chi connectivity index (χ3n) is 11.1. The third kappa shape index (κ3) is 11.9. The fourth-order valence-electron chi connectivity index (χ4n) is 7.80. The highest BCUT2D eigenvalue weighted by atomic mass is 19.1. The Balaban J connectivity index is 0.000000147. The van der Waals surface area contributed by atoms with Crippen LogP contribution in [0, 0.1) is 11.9 Å². The van der Waals surface area contributed by atoms with E-state index in [1.54, 1.807) is 35.5 Å². The number of pyridine rings is 2. The number of halogens is 1. The van der Waals surface area contributed by atoms with Gasteiger partial charge in [-0.05, 0) is 85.5 Å². The molecule has 8 aromatic rings. The van der Waals surface area contributed by atoms with Crippen molar-refractivity contribution in [2.75, 3.05) is 26.2 Å². The van der Waals surface area contributed by atoms with Gasteiger partial charge in [-0.1, -0.05) is 60.7 Å². The molecule has 2 fully saturated rings. The number of hydrogen-bond acceptors (Lipinski definition) is 11. The van der Waals surface area contributed by atoms with Gasteiger partial charge in [-0.3, -0.25) is 4.98 Å². The van der Waals surface area contributed by atoms with Crippen molar-refractivity contribution in [2.24, 2.45) is 11.7 Å². The van der Waals surface area contributed by atoms with Gasteiger partial charge in [-0.25, -0.2) is 34.5 Å². The number of amides is 2. The molecule has 65 heavy (non-hydrogen) atoms. The molecular formula is C49H50FN11O4. The second-order valence-corrected chi connectivity index (χ2v) is 15.9. The molecule has 0 radical (unpaired) electrons. The Morgan fingerprint density at radius 2 is 1.18 bits per heavy atom. The van der Waals surface area contributed by atoms with E-state index in [9.17, 15) is 14.0 Å². The van der Waals surface area contributed by atoms with Gasteiger partial charge in [0.25, 0.3) is 0 Å². The number of piperidine rings is 2. The predicted octanol–water partition coefficient (Wildman–Crippen LogP) is 8.52. The molecule has 0 saturated carbocycles. The molecule has 0 spiro atoms. The van der Waals surface area contributed by atoms with Crippen molar-refractivity contribution in [3.8, 4) is 22.5 Å². The number of H-pyrrole nitrogens is 2. The van der Waals surface area contributed by atoms with Crippen LogP contribution in [0.5, 0.6) is 0 Å². The van der Waals surface area contributed by atoms with Gasteiger partial charge in [-0.2, -0.15) is 4.39 Å². The summed E-state index contributed by atoms with van der Waals surface area (Å²) in [6.07, 6.45) is 14.4. The number of nitrogens with zero attached hydrogens (tertiary/aromatic N) is 8. The van der Waals surface area contributed by atoms with Crippen molar-refractivity contribution in [1.82, 2.24) is 49.7 Å². The maximum atomic E-state index is 13.4. The molecule has 0 aliphatic carbocycles. The van der Waals surface area contributed by atoms with Gasteiger partial charge >= 0.3 is 12.2 Å². The first-order valence-corrected chi connectivity index (χ1v) is 21.7. The van der Waals surface area contributed by atoms with Crippen LogP contribution < -0.4 is 5.73 Å². The molecule has 2 atom stereocenters. The van der Waals surface area contributed by atoms with E-state index < -0.39 is 5.95 Å². The summed E-state index contributed by atoms with van der Waals surface area (Å²) >= 11 is 0. The number of carbonyl (C=O) groups is 2. The fourth-order valence-corrected chi connectivity index (χ4v) is 7.80. The molecular weight excluding hydrogens is 826 g/mol. The quantitative estimate of drug-likeness (QED) is 0.124. The Labute approximate surface area is 375 Å². The summed E-state index contributed by atoms with van der Waals surface area (Å²) in [4.78, 5) is 59.8. The number of nitrogens with two attached hydrogens (primary N) is 1. The number of aromatic amines is 2. The summed E-state index contributed by atoms with van der Waals surface area (Å²) in [5.74, 6) is -0.211. The summed E-state index contributed by atoms with van der Waals surface area (Å²) in [6, 6.07) is 30.5. The van der Waals surface area contributed by atoms with Crippen LogP contribution in [0.1, 0.15) is 42.5 Å². The molecule has 2 aliphatic rings. The van der Waals surface area contributed by atoms with Gasteiger partial charge < -0.3 is 35.0 Å². The second kappa shape index (κ2) is 21.7. The van der Waals surface area contributed by atoms with E-state index in [1.165, 1.54) is 12.4 Å². The van der Waals surface area contributed by atoms with Crippen LogP contribution in [0.4, 0.5) is 14.0 Å². The minimum Gasteiger partial charge on any atom is -0.445 e. The van der Waals surface area contributed by atoms with Gasteiger partial charge in [0.05, 0.1) is 35.0 Å². The summed E-state index contributed by atoms with van der Waals surface area (Å²) in [5, 5.41) is 0. The number of nitrogens with one attached hydrogen (secondary N) is 2. The lowest BCUT2D eigenvalue weighted by Crippen LogP contribution is -2.45. The lowest BCUT2D eigenvalue weighted by Gasteiger charge is -2.32. The number of likely N-dealkylation sites (tertiary alicyclic amines) is 2. The average molecular weight is 876 g/mol. The normalized spacial score (nSPS) is 15.9. The predicted molar refractivity (Wildman–Crippen MR) is 244 cm³/mol. The van der Waals surface area contributed by atoms with E-state index in [-0.39, 0.29) is 18.2 Å². The van der Waals surface area contributed by atoms with Gasteiger partial charge in [0.2, 0.25) is 5.95 Å². The molecule has 8 heterocycles. The van der Waals surface area contributed by atoms with E-state index >= 15 is 0 Å². The van der Waals surface area contributed by atoms with Gasteiger partial charge in [0.15, 0.2) is 11.3 Å². The van der Waals surface area contributed by atoms with Crippen LogP contribution in [-0.2, 0) is 29.1 Å². The highest BCUT2D eigenvalue weighted by Crippen LogP contribution is 2.27. The average Bonchev–Trinajstić information content (AvgIpc) is 4.04. The number of fused-ring (bicyclic) bond motifs is 2. The number of rotatable bonds is 8. The molecule has 0 unspecified atom stereocenters. The van der Waals surface area contributed by atoms with E-state index in [2.05, 4.69) is 34.9 Å². The van der Waals surface area contributed by atoms with Crippen LogP contribution >= 0.6 is 0 Å². The largest absolute Gasteiger partial charge is 0.445 e. The van der Waals surface area contributed by atoms with E-state index in [1.807, 2.05) is 96.2 Å². The number of carbonyl (C=O) groups excluding carboxylic acids is 2. The zero-order chi connectivity index (χ0) is 44.8. The summed E-state index contributed by atoms with van der Waals surface area (Å²) in [5.41, 5.74) is 14.5. The molecule has 2 saturated heterocycles. The Morgan fingerprint density at radius 1 is 0.646 bits per heavy atom. The standard InChI is InChI=1S/C25H25N5O2.C13H18N2O2.C11H7FN4/c31-25(32-17-18-6-2-1-3-7-18)30-13-5-8-19(16-30)14-22-20(9-4-11-26-22)23-15-28-24-21(29-23)10-12-27-24;14-12-7-4-8-15(9-12)13(16)17-10-11-5-2-1-3-6-11;12-10-7(2-1-4-13-10)9-6-15-11-8(16-9)3-5-14-11/h1-4,6-7,9-12,15,19H,5,8,13-14,16-17H2,(H,27,28);1-3,5-6,12H,4,7-10,14H2;1-6H,(H,14,15)/t19-;12-;/m10./s1. The van der Waals surface area contributed by atoms with E-state index in [0.29, 0.717) is 54.6 Å². The Hall–Kier alpha value is -7.59. The number of ether oxygens (including phenoxy) is 2. The first kappa shape index (κ1) is 44.0.